The van der Waals surface area contributed by atoms with Crippen molar-refractivity contribution in [2.24, 2.45) is 11.7 Å². The highest BCUT2D eigenvalue weighted by Crippen LogP contribution is 2.17. The van der Waals surface area contributed by atoms with Gasteiger partial charge in [0.15, 0.2) is 0 Å². The largest absolute Gasteiger partial charge is 0.376 e. The van der Waals surface area contributed by atoms with Gasteiger partial charge in [-0.15, -0.1) is 0 Å². The van der Waals surface area contributed by atoms with Crippen LogP contribution in [0.1, 0.15) is 6.92 Å². The van der Waals surface area contributed by atoms with E-state index in [4.69, 9.17) is 10.5 Å². The molecule has 0 amide bonds. The van der Waals surface area contributed by atoms with Crippen LogP contribution in [0.2, 0.25) is 0 Å². The Bertz CT molecular complexity index is 63.1. The van der Waals surface area contributed by atoms with Crippen LogP contribution >= 0.6 is 0 Å². The van der Waals surface area contributed by atoms with Gasteiger partial charge < -0.3 is 10.5 Å². The van der Waals surface area contributed by atoms with Crippen molar-refractivity contribution in [2.45, 2.75) is 13.0 Å². The predicted molar refractivity (Wildman–Crippen MR) is 28.0 cm³/mol. The number of hydrogen-bond donors (Lipinski definition) is 1. The van der Waals surface area contributed by atoms with E-state index in [9.17, 15) is 0 Å². The molecule has 0 aliphatic carbocycles. The zero-order valence-electron chi connectivity index (χ0n) is 4.55. The Balaban J connectivity index is 2.16. The Morgan fingerprint density at radius 3 is 2.57 bits per heavy atom. The number of rotatable bonds is 1. The lowest BCUT2D eigenvalue weighted by Crippen LogP contribution is -2.42. The highest BCUT2D eigenvalue weighted by molar-refractivity contribution is 4.74. The first-order valence-corrected chi connectivity index (χ1v) is 2.66. The molecule has 0 aromatic heterocycles. The minimum Gasteiger partial charge on any atom is -0.376 e. The molecule has 0 spiro atoms. The lowest BCUT2D eigenvalue weighted by atomic mass is 10.0. The summed E-state index contributed by atoms with van der Waals surface area (Å²) in [6.45, 7) is 3.74. The number of nitrogens with two attached hydrogens (primary N) is 1. The Morgan fingerprint density at radius 2 is 2.57 bits per heavy atom. The van der Waals surface area contributed by atoms with E-state index in [1.165, 1.54) is 0 Å². The molecule has 2 N–H and O–H groups in total. The van der Waals surface area contributed by atoms with Gasteiger partial charge in [0, 0.05) is 12.5 Å². The molecule has 2 atom stereocenters. The standard InChI is InChI=1S/C5H11NO/c1-4-3-7-5(4)2-6/h4-5H,2-3,6H2,1H3. The van der Waals surface area contributed by atoms with Crippen LogP contribution in [0.3, 0.4) is 0 Å². The van der Waals surface area contributed by atoms with E-state index < -0.39 is 0 Å². The smallest absolute Gasteiger partial charge is 0.0744 e. The molecule has 0 bridgehead atoms. The lowest BCUT2D eigenvalue weighted by Gasteiger charge is -2.32. The highest BCUT2D eigenvalue weighted by atomic mass is 16.5. The van der Waals surface area contributed by atoms with Gasteiger partial charge in [0.2, 0.25) is 0 Å². The first-order valence-electron chi connectivity index (χ1n) is 2.66. The average molecular weight is 101 g/mol. The first-order chi connectivity index (χ1) is 3.34. The van der Waals surface area contributed by atoms with Gasteiger partial charge >= 0.3 is 0 Å². The fraction of sp³-hybridized carbons (Fsp3) is 1.00. The van der Waals surface area contributed by atoms with Gasteiger partial charge in [-0.1, -0.05) is 6.92 Å². The van der Waals surface area contributed by atoms with Crippen molar-refractivity contribution in [3.63, 3.8) is 0 Å². The van der Waals surface area contributed by atoms with Crippen molar-refractivity contribution in [2.75, 3.05) is 13.2 Å². The predicted octanol–water partition coefficient (Wildman–Crippen LogP) is -0.0200. The molecule has 1 fully saturated rings. The molecule has 0 aromatic carbocycles. The topological polar surface area (TPSA) is 35.2 Å². The molecular weight excluding hydrogens is 90.1 g/mol. The molecular formula is C5H11NO. The van der Waals surface area contributed by atoms with E-state index in [0.717, 1.165) is 6.61 Å². The zero-order valence-corrected chi connectivity index (χ0v) is 4.55. The highest BCUT2D eigenvalue weighted by Gasteiger charge is 2.25. The molecule has 0 aromatic rings. The van der Waals surface area contributed by atoms with Gasteiger partial charge in [0.1, 0.15) is 0 Å². The summed E-state index contributed by atoms with van der Waals surface area (Å²) in [5.41, 5.74) is 5.30. The number of ether oxygens (including phenoxy) is 1. The molecule has 1 heterocycles. The molecule has 2 nitrogen and oxygen atoms in total. The molecule has 1 aliphatic rings. The van der Waals surface area contributed by atoms with Gasteiger partial charge in [-0.2, -0.15) is 0 Å². The fourth-order valence-electron chi connectivity index (χ4n) is 0.725. The Morgan fingerprint density at radius 1 is 1.86 bits per heavy atom. The van der Waals surface area contributed by atoms with E-state index in [1.54, 1.807) is 0 Å². The molecule has 7 heavy (non-hydrogen) atoms. The van der Waals surface area contributed by atoms with Gasteiger partial charge in [-0.3, -0.25) is 0 Å². The van der Waals surface area contributed by atoms with Crippen LogP contribution in [0.25, 0.3) is 0 Å². The molecule has 1 rings (SSSR count). The molecule has 2 heteroatoms. The van der Waals surface area contributed by atoms with Crippen LogP contribution in [0.4, 0.5) is 0 Å². The minimum atomic E-state index is 0.361. The second-order valence-electron chi connectivity index (χ2n) is 2.08. The van der Waals surface area contributed by atoms with E-state index in [2.05, 4.69) is 6.92 Å². The maximum Gasteiger partial charge on any atom is 0.0744 e. The molecule has 1 aliphatic heterocycles. The van der Waals surface area contributed by atoms with E-state index in [-0.39, 0.29) is 0 Å². The van der Waals surface area contributed by atoms with Crippen LogP contribution in [0.15, 0.2) is 0 Å². The third-order valence-corrected chi connectivity index (χ3v) is 1.44. The molecule has 0 radical (unpaired) electrons. The SMILES string of the molecule is CC1COC1CN. The van der Waals surface area contributed by atoms with Crippen LogP contribution in [0.5, 0.6) is 0 Å². The second kappa shape index (κ2) is 1.80. The van der Waals surface area contributed by atoms with Gasteiger partial charge in [-0.25, -0.2) is 0 Å². The normalized spacial score (nSPS) is 40.3. The maximum atomic E-state index is 5.30. The molecule has 42 valence electrons. The van der Waals surface area contributed by atoms with Gasteiger partial charge in [0.05, 0.1) is 12.7 Å². The quantitative estimate of drug-likeness (QED) is 0.503. The van der Waals surface area contributed by atoms with Crippen molar-refractivity contribution < 1.29 is 4.74 Å². The summed E-state index contributed by atoms with van der Waals surface area (Å²) in [7, 11) is 0. The van der Waals surface area contributed by atoms with Crippen LogP contribution in [-0.4, -0.2) is 19.3 Å². The first kappa shape index (κ1) is 5.06. The Labute approximate surface area is 43.6 Å². The average Bonchev–Trinajstić information content (AvgIpc) is 1.65. The Hall–Kier alpha value is -0.0800. The lowest BCUT2D eigenvalue weighted by molar-refractivity contribution is -0.0990. The second-order valence-corrected chi connectivity index (χ2v) is 2.08. The van der Waals surface area contributed by atoms with Crippen LogP contribution < -0.4 is 5.73 Å². The summed E-state index contributed by atoms with van der Waals surface area (Å²) in [5.74, 6) is 0.699. The summed E-state index contributed by atoms with van der Waals surface area (Å²) >= 11 is 0. The van der Waals surface area contributed by atoms with Crippen molar-refractivity contribution in [3.05, 3.63) is 0 Å². The summed E-state index contributed by atoms with van der Waals surface area (Å²) < 4.78 is 5.07. The summed E-state index contributed by atoms with van der Waals surface area (Å²) in [5, 5.41) is 0. The van der Waals surface area contributed by atoms with Gasteiger partial charge in [-0.05, 0) is 0 Å². The van der Waals surface area contributed by atoms with Crippen molar-refractivity contribution in [1.82, 2.24) is 0 Å². The molecule has 2 unspecified atom stereocenters. The van der Waals surface area contributed by atoms with Crippen LogP contribution in [-0.2, 0) is 4.74 Å². The summed E-state index contributed by atoms with van der Waals surface area (Å²) in [6, 6.07) is 0. The van der Waals surface area contributed by atoms with Crippen molar-refractivity contribution in [3.8, 4) is 0 Å². The maximum absolute atomic E-state index is 5.30. The number of hydrogen-bond acceptors (Lipinski definition) is 2. The molecule has 1 saturated heterocycles. The third kappa shape index (κ3) is 0.763. The van der Waals surface area contributed by atoms with E-state index in [1.807, 2.05) is 0 Å². The van der Waals surface area contributed by atoms with Crippen molar-refractivity contribution >= 4 is 0 Å². The van der Waals surface area contributed by atoms with Crippen molar-refractivity contribution in [1.29, 1.82) is 0 Å². The molecule has 0 saturated carbocycles. The Kier molecular flexibility index (Phi) is 1.30. The van der Waals surface area contributed by atoms with Crippen LogP contribution in [0, 0.1) is 5.92 Å². The minimum absolute atomic E-state index is 0.361. The van der Waals surface area contributed by atoms with E-state index in [0.29, 0.717) is 18.6 Å². The zero-order chi connectivity index (χ0) is 5.28. The summed E-state index contributed by atoms with van der Waals surface area (Å²) in [4.78, 5) is 0. The van der Waals surface area contributed by atoms with E-state index >= 15 is 0 Å². The third-order valence-electron chi connectivity index (χ3n) is 1.44. The monoisotopic (exact) mass is 101 g/mol. The van der Waals surface area contributed by atoms with Gasteiger partial charge in [0.25, 0.3) is 0 Å². The summed E-state index contributed by atoms with van der Waals surface area (Å²) in [6.07, 6.45) is 0.361. The fourth-order valence-corrected chi connectivity index (χ4v) is 0.725.